The van der Waals surface area contributed by atoms with E-state index in [1.165, 1.54) is 11.3 Å². The fourth-order valence-electron chi connectivity index (χ4n) is 3.20. The summed E-state index contributed by atoms with van der Waals surface area (Å²) in [5.74, 6) is 0. The number of hydrogen-bond donors (Lipinski definition) is 0. The quantitative estimate of drug-likeness (QED) is 0.446. The third kappa shape index (κ3) is 5.98. The Labute approximate surface area is 138 Å². The topological polar surface area (TPSA) is 12.4 Å². The van der Waals surface area contributed by atoms with Crippen LogP contribution in [0.2, 0.25) is 10.6 Å². The van der Waals surface area contributed by atoms with Crippen molar-refractivity contribution in [1.82, 2.24) is 0 Å². The van der Waals surface area contributed by atoms with Gasteiger partial charge in [-0.05, 0) is 28.0 Å². The third-order valence-electron chi connectivity index (χ3n) is 3.73. The van der Waals surface area contributed by atoms with E-state index in [1.807, 2.05) is 0 Å². The molecule has 0 fully saturated rings. The van der Waals surface area contributed by atoms with Gasteiger partial charge in [-0.3, -0.25) is 0 Å². The van der Waals surface area contributed by atoms with Gasteiger partial charge in [0.1, 0.15) is 0 Å². The molecule has 0 atom stereocenters. The van der Waals surface area contributed by atoms with Crippen molar-refractivity contribution in [3.05, 3.63) is 35.9 Å². The van der Waals surface area contributed by atoms with E-state index in [4.69, 9.17) is 4.90 Å². The molecule has 1 nitrogen and oxygen atoms in total. The van der Waals surface area contributed by atoms with Crippen LogP contribution >= 0.6 is 0 Å². The second-order valence-electron chi connectivity index (χ2n) is 9.81. The third-order valence-corrected chi connectivity index (χ3v) is 3.73. The molecule has 0 N–H and O–H groups in total. The molecule has 0 saturated heterocycles. The molecule has 0 spiro atoms. The van der Waals surface area contributed by atoms with Crippen molar-refractivity contribution in [2.24, 2.45) is 10.3 Å². The molecule has 0 unspecified atom stereocenters. The first kappa shape index (κ1) is 19.0. The van der Waals surface area contributed by atoms with Crippen molar-refractivity contribution < 1.29 is 0 Å². The molecule has 1 aromatic rings. The van der Waals surface area contributed by atoms with Crippen LogP contribution in [-0.4, -0.2) is 12.6 Å². The summed E-state index contributed by atoms with van der Waals surface area (Å²) in [6, 6.07) is 10.7. The molecule has 1 rings (SSSR count). The van der Waals surface area contributed by atoms with Crippen molar-refractivity contribution in [1.29, 1.82) is 0 Å². The first-order chi connectivity index (χ1) is 9.81. The number of hydrogen-bond acceptors (Lipinski definition) is 1. The van der Waals surface area contributed by atoms with Crippen LogP contribution in [0.1, 0.15) is 74.3 Å². The van der Waals surface area contributed by atoms with Crippen LogP contribution < -0.4 is 0 Å². The minimum absolute atomic E-state index is 0.149. The summed E-state index contributed by atoms with van der Waals surface area (Å²) in [6.07, 6.45) is 1.000. The van der Waals surface area contributed by atoms with E-state index >= 15 is 0 Å². The standard InChI is InChI=1S/C20H34BN/c1-18(2,3)15-17(16-13-11-10-12-14-16)22-21(19(4,5)6)20(7,8)9/h10-14H,15H2,1-9H3/b22-17+. The van der Waals surface area contributed by atoms with Gasteiger partial charge in [0, 0.05) is 5.71 Å². The zero-order valence-electron chi connectivity index (χ0n) is 16.1. The van der Waals surface area contributed by atoms with Gasteiger partial charge in [0.05, 0.1) is 0 Å². The van der Waals surface area contributed by atoms with E-state index in [0.29, 0.717) is 0 Å². The molecule has 0 amide bonds. The van der Waals surface area contributed by atoms with Gasteiger partial charge >= 0.3 is 0 Å². The van der Waals surface area contributed by atoms with Crippen LogP contribution in [-0.2, 0) is 0 Å². The molecule has 0 radical (unpaired) electrons. The first-order valence-electron chi connectivity index (χ1n) is 8.43. The maximum absolute atomic E-state index is 5.29. The normalized spacial score (nSPS) is 14.1. The minimum Gasteiger partial charge on any atom is -0.344 e. The maximum atomic E-state index is 5.29. The van der Waals surface area contributed by atoms with Crippen LogP contribution in [0.3, 0.4) is 0 Å². The monoisotopic (exact) mass is 299 g/mol. The lowest BCUT2D eigenvalue weighted by atomic mass is 9.32. The average molecular weight is 299 g/mol. The van der Waals surface area contributed by atoms with E-state index in [9.17, 15) is 0 Å². The molecule has 2 heteroatoms. The summed E-state index contributed by atoms with van der Waals surface area (Å²) in [6.45, 7) is 20.9. The van der Waals surface area contributed by atoms with Crippen LogP contribution in [0, 0.1) is 5.41 Å². The van der Waals surface area contributed by atoms with E-state index in [1.54, 1.807) is 0 Å². The van der Waals surface area contributed by atoms with Crippen molar-refractivity contribution >= 4 is 12.6 Å². The second kappa shape index (κ2) is 6.60. The number of nitrogens with zero attached hydrogens (tertiary/aromatic N) is 1. The Bertz CT molecular complexity index is 481. The van der Waals surface area contributed by atoms with Gasteiger partial charge in [-0.1, -0.05) is 92.6 Å². The SMILES string of the molecule is CC(C)(C)C/C(=N\B(C(C)(C)C)C(C)(C)C)c1ccccc1. The highest BCUT2D eigenvalue weighted by molar-refractivity contribution is 6.65. The molecule has 0 aliphatic carbocycles. The fourth-order valence-corrected chi connectivity index (χ4v) is 3.20. The summed E-state index contributed by atoms with van der Waals surface area (Å²) < 4.78 is 0. The van der Waals surface area contributed by atoms with Crippen LogP contribution in [0.4, 0.5) is 0 Å². The summed E-state index contributed by atoms with van der Waals surface area (Å²) in [5.41, 5.74) is 2.73. The van der Waals surface area contributed by atoms with E-state index in [-0.39, 0.29) is 22.9 Å². The summed E-state index contributed by atoms with van der Waals surface area (Å²) in [5, 5.41) is 0.298. The molecule has 0 aliphatic heterocycles. The Hall–Kier alpha value is -1.05. The number of benzene rings is 1. The first-order valence-corrected chi connectivity index (χ1v) is 8.43. The van der Waals surface area contributed by atoms with Gasteiger partial charge in [-0.15, -0.1) is 0 Å². The molecular formula is C20H34BN. The molecule has 1 aromatic carbocycles. The predicted molar refractivity (Wildman–Crippen MR) is 102 cm³/mol. The molecule has 0 aromatic heterocycles. The summed E-state index contributed by atoms with van der Waals surface area (Å²) in [4.78, 5) is 5.29. The Kier molecular flexibility index (Phi) is 5.70. The van der Waals surface area contributed by atoms with Crippen molar-refractivity contribution in [3.63, 3.8) is 0 Å². The highest BCUT2D eigenvalue weighted by Gasteiger charge is 2.40. The highest BCUT2D eigenvalue weighted by atomic mass is 14.7. The van der Waals surface area contributed by atoms with Crippen molar-refractivity contribution in [2.45, 2.75) is 79.4 Å². The lowest BCUT2D eigenvalue weighted by molar-refractivity contribution is 0.434. The van der Waals surface area contributed by atoms with Crippen LogP contribution in [0.5, 0.6) is 0 Å². The molecule has 22 heavy (non-hydrogen) atoms. The zero-order valence-corrected chi connectivity index (χ0v) is 16.1. The smallest absolute Gasteiger partial charge is 0.290 e. The lowest BCUT2D eigenvalue weighted by Gasteiger charge is -2.35. The second-order valence-corrected chi connectivity index (χ2v) is 9.81. The lowest BCUT2D eigenvalue weighted by Crippen LogP contribution is -2.35. The summed E-state index contributed by atoms with van der Waals surface area (Å²) >= 11 is 0. The van der Waals surface area contributed by atoms with E-state index < -0.39 is 0 Å². The average Bonchev–Trinajstić information content (AvgIpc) is 2.31. The van der Waals surface area contributed by atoms with Gasteiger partial charge in [-0.25, -0.2) is 0 Å². The molecular weight excluding hydrogens is 265 g/mol. The van der Waals surface area contributed by atoms with Gasteiger partial charge in [0.25, 0.3) is 6.85 Å². The molecule has 0 saturated carbocycles. The van der Waals surface area contributed by atoms with Gasteiger partial charge in [0.2, 0.25) is 0 Å². The zero-order chi connectivity index (χ0) is 17.2. The Morgan fingerprint density at radius 1 is 0.818 bits per heavy atom. The van der Waals surface area contributed by atoms with E-state index in [0.717, 1.165) is 6.42 Å². The Morgan fingerprint density at radius 2 is 1.27 bits per heavy atom. The van der Waals surface area contributed by atoms with E-state index in [2.05, 4.69) is 92.6 Å². The largest absolute Gasteiger partial charge is 0.344 e. The summed E-state index contributed by atoms with van der Waals surface area (Å²) in [7, 11) is 0. The molecule has 0 aliphatic rings. The highest BCUT2D eigenvalue weighted by Crippen LogP contribution is 2.43. The molecule has 0 bridgehead atoms. The van der Waals surface area contributed by atoms with Gasteiger partial charge < -0.3 is 4.90 Å². The molecule has 0 heterocycles. The van der Waals surface area contributed by atoms with Gasteiger partial charge in [-0.2, -0.15) is 0 Å². The number of rotatable bonds is 3. The van der Waals surface area contributed by atoms with Crippen molar-refractivity contribution in [3.8, 4) is 0 Å². The van der Waals surface area contributed by atoms with Gasteiger partial charge in [0.15, 0.2) is 0 Å². The maximum Gasteiger partial charge on any atom is 0.290 e. The Morgan fingerprint density at radius 3 is 1.64 bits per heavy atom. The fraction of sp³-hybridized carbons (Fsp3) is 0.650. The van der Waals surface area contributed by atoms with Crippen LogP contribution in [0.15, 0.2) is 35.2 Å². The minimum atomic E-state index is 0.149. The van der Waals surface area contributed by atoms with Crippen LogP contribution in [0.25, 0.3) is 0 Å². The molecule has 122 valence electrons. The van der Waals surface area contributed by atoms with Crippen molar-refractivity contribution in [2.75, 3.05) is 0 Å². The predicted octanol–water partition coefficient (Wildman–Crippen LogP) is 6.50. The Balaban J connectivity index is 3.35.